The van der Waals surface area contributed by atoms with Gasteiger partial charge in [0.1, 0.15) is 5.75 Å². The van der Waals surface area contributed by atoms with E-state index < -0.39 is 0 Å². The number of nitrogens with zero attached hydrogens (tertiary/aromatic N) is 1. The van der Waals surface area contributed by atoms with Crippen LogP contribution in [0.1, 0.15) is 37.4 Å². The summed E-state index contributed by atoms with van der Waals surface area (Å²) >= 11 is 0. The largest absolute Gasteiger partial charge is 0.497 e. The second-order valence-electron chi connectivity index (χ2n) is 4.76. The predicted molar refractivity (Wildman–Crippen MR) is 84.6 cm³/mol. The molecule has 0 atom stereocenters. The maximum atomic E-state index is 5.22. The summed E-state index contributed by atoms with van der Waals surface area (Å²) in [7, 11) is 1.69. The molecule has 2 aromatic rings. The first-order valence-corrected chi connectivity index (χ1v) is 7.09. The second kappa shape index (κ2) is 7.49. The highest BCUT2D eigenvalue weighted by molar-refractivity contribution is 5.80. The lowest BCUT2D eigenvalue weighted by Crippen LogP contribution is -1.89. The molecule has 2 rings (SSSR count). The Bertz CT molecular complexity index is 543. The Balaban J connectivity index is 2.28. The van der Waals surface area contributed by atoms with E-state index in [1.54, 1.807) is 7.11 Å². The van der Waals surface area contributed by atoms with Crippen LogP contribution in [0.2, 0.25) is 0 Å². The molecule has 0 radical (unpaired) electrons. The molecule has 0 spiro atoms. The van der Waals surface area contributed by atoms with Crippen LogP contribution < -0.4 is 4.74 Å². The van der Waals surface area contributed by atoms with E-state index in [0.29, 0.717) is 0 Å². The highest BCUT2D eigenvalue weighted by atomic mass is 16.5. The zero-order chi connectivity index (χ0) is 14.2. The van der Waals surface area contributed by atoms with Gasteiger partial charge >= 0.3 is 0 Å². The number of pyridine rings is 1. The van der Waals surface area contributed by atoms with Gasteiger partial charge in [-0.05, 0) is 54.3 Å². The minimum atomic E-state index is 0.890. The van der Waals surface area contributed by atoms with Gasteiger partial charge in [-0.15, -0.1) is 0 Å². The number of aromatic nitrogens is 1. The molecule has 1 aromatic heterocycles. The fourth-order valence-corrected chi connectivity index (χ4v) is 2.11. The molecule has 2 heteroatoms. The van der Waals surface area contributed by atoms with E-state index in [1.807, 2.05) is 36.5 Å². The summed E-state index contributed by atoms with van der Waals surface area (Å²) in [4.78, 5) is 4.38. The van der Waals surface area contributed by atoms with Gasteiger partial charge in [0.25, 0.3) is 0 Å². The fraction of sp³-hybridized carbons (Fsp3) is 0.278. The minimum absolute atomic E-state index is 0.890. The van der Waals surface area contributed by atoms with Crippen molar-refractivity contribution in [3.05, 3.63) is 59.9 Å². The average Bonchev–Trinajstić information content (AvgIpc) is 2.52. The zero-order valence-electron chi connectivity index (χ0n) is 12.2. The van der Waals surface area contributed by atoms with Crippen LogP contribution in [-0.2, 0) is 0 Å². The Kier molecular flexibility index (Phi) is 5.36. The predicted octanol–water partition coefficient (Wildman–Crippen LogP) is 4.82. The number of hydrogen-bond acceptors (Lipinski definition) is 2. The van der Waals surface area contributed by atoms with Crippen molar-refractivity contribution in [3.63, 3.8) is 0 Å². The summed E-state index contributed by atoms with van der Waals surface area (Å²) in [6.07, 6.45) is 7.45. The quantitative estimate of drug-likeness (QED) is 0.748. The molecule has 0 aliphatic rings. The van der Waals surface area contributed by atoms with Crippen LogP contribution in [0.25, 0.3) is 11.6 Å². The highest BCUT2D eigenvalue weighted by Gasteiger charge is 2.03. The molecule has 0 saturated heterocycles. The minimum Gasteiger partial charge on any atom is -0.497 e. The van der Waals surface area contributed by atoms with Crippen molar-refractivity contribution in [3.8, 4) is 5.75 Å². The lowest BCUT2D eigenvalue weighted by atomic mass is 9.99. The van der Waals surface area contributed by atoms with Crippen LogP contribution in [0.4, 0.5) is 0 Å². The fourth-order valence-electron chi connectivity index (χ4n) is 2.11. The van der Waals surface area contributed by atoms with E-state index in [4.69, 9.17) is 4.74 Å². The summed E-state index contributed by atoms with van der Waals surface area (Å²) in [5.41, 5.74) is 3.58. The van der Waals surface area contributed by atoms with Crippen LogP contribution in [0.3, 0.4) is 0 Å². The Labute approximate surface area is 121 Å². The van der Waals surface area contributed by atoms with Crippen LogP contribution >= 0.6 is 0 Å². The van der Waals surface area contributed by atoms with E-state index in [0.717, 1.165) is 17.9 Å². The van der Waals surface area contributed by atoms with Crippen molar-refractivity contribution in [2.24, 2.45) is 0 Å². The number of rotatable bonds is 6. The van der Waals surface area contributed by atoms with E-state index >= 15 is 0 Å². The smallest absolute Gasteiger partial charge is 0.118 e. The molecule has 0 unspecified atom stereocenters. The molecule has 0 saturated carbocycles. The molecular weight excluding hydrogens is 246 g/mol. The molecule has 0 bridgehead atoms. The van der Waals surface area contributed by atoms with Crippen LogP contribution in [0.15, 0.2) is 48.7 Å². The monoisotopic (exact) mass is 267 g/mol. The number of allylic oxidation sites excluding steroid dienone is 1. The second-order valence-corrected chi connectivity index (χ2v) is 4.76. The van der Waals surface area contributed by atoms with E-state index in [9.17, 15) is 0 Å². The topological polar surface area (TPSA) is 22.1 Å². The van der Waals surface area contributed by atoms with Crippen molar-refractivity contribution in [2.75, 3.05) is 7.11 Å². The maximum absolute atomic E-state index is 5.22. The first-order valence-electron chi connectivity index (χ1n) is 7.09. The Morgan fingerprint density at radius 3 is 2.55 bits per heavy atom. The van der Waals surface area contributed by atoms with Gasteiger partial charge in [-0.25, -0.2) is 0 Å². The van der Waals surface area contributed by atoms with E-state index in [-0.39, 0.29) is 0 Å². The molecule has 0 N–H and O–H groups in total. The van der Waals surface area contributed by atoms with Crippen LogP contribution in [0, 0.1) is 0 Å². The van der Waals surface area contributed by atoms with Gasteiger partial charge in [-0.1, -0.05) is 31.5 Å². The molecule has 0 aliphatic heterocycles. The lowest BCUT2D eigenvalue weighted by molar-refractivity contribution is 0.415. The molecule has 0 fully saturated rings. The summed E-state index contributed by atoms with van der Waals surface area (Å²) in [6.45, 7) is 2.21. The van der Waals surface area contributed by atoms with Gasteiger partial charge in [0.05, 0.1) is 12.8 Å². The van der Waals surface area contributed by atoms with Gasteiger partial charge < -0.3 is 4.74 Å². The third-order valence-corrected chi connectivity index (χ3v) is 3.27. The van der Waals surface area contributed by atoms with E-state index in [2.05, 4.69) is 30.1 Å². The zero-order valence-corrected chi connectivity index (χ0v) is 12.2. The van der Waals surface area contributed by atoms with Gasteiger partial charge in [-0.3, -0.25) is 4.98 Å². The summed E-state index contributed by atoms with van der Waals surface area (Å²) < 4.78 is 5.22. The first kappa shape index (κ1) is 14.3. The number of hydrogen-bond donors (Lipinski definition) is 0. The van der Waals surface area contributed by atoms with Gasteiger partial charge in [-0.2, -0.15) is 0 Å². The van der Waals surface area contributed by atoms with Crippen LogP contribution in [0.5, 0.6) is 5.75 Å². The lowest BCUT2D eigenvalue weighted by Gasteiger charge is -2.08. The Hall–Kier alpha value is -2.09. The van der Waals surface area contributed by atoms with Crippen molar-refractivity contribution < 1.29 is 4.74 Å². The highest BCUT2D eigenvalue weighted by Crippen LogP contribution is 2.25. The Morgan fingerprint density at radius 1 is 1.15 bits per heavy atom. The van der Waals surface area contributed by atoms with Gasteiger partial charge in [0.15, 0.2) is 0 Å². The molecule has 104 valence electrons. The van der Waals surface area contributed by atoms with E-state index in [1.165, 1.54) is 24.0 Å². The number of methoxy groups -OCH3 is 1. The maximum Gasteiger partial charge on any atom is 0.118 e. The molecule has 1 aromatic carbocycles. The third-order valence-electron chi connectivity index (χ3n) is 3.27. The van der Waals surface area contributed by atoms with Crippen molar-refractivity contribution in [1.29, 1.82) is 0 Å². The van der Waals surface area contributed by atoms with Crippen molar-refractivity contribution in [2.45, 2.75) is 26.2 Å². The standard InChI is InChI=1S/C18H21NO/c1-3-4-7-16(14-17-8-5-6-13-19-17)15-9-11-18(20-2)12-10-15/h5-6,8-14H,3-4,7H2,1-2H3/b16-14+. The number of benzene rings is 1. The number of unbranched alkanes of at least 4 members (excludes halogenated alkanes) is 1. The molecule has 1 heterocycles. The SMILES string of the molecule is CCCC/C(=C\c1ccccn1)c1ccc(OC)cc1. The Morgan fingerprint density at radius 2 is 1.95 bits per heavy atom. The van der Waals surface area contributed by atoms with Crippen molar-refractivity contribution in [1.82, 2.24) is 4.98 Å². The van der Waals surface area contributed by atoms with Crippen LogP contribution in [-0.4, -0.2) is 12.1 Å². The molecule has 2 nitrogen and oxygen atoms in total. The summed E-state index contributed by atoms with van der Waals surface area (Å²) in [6, 6.07) is 14.2. The number of ether oxygens (including phenoxy) is 1. The average molecular weight is 267 g/mol. The molecular formula is C18H21NO. The molecule has 0 amide bonds. The van der Waals surface area contributed by atoms with Crippen molar-refractivity contribution >= 4 is 11.6 Å². The van der Waals surface area contributed by atoms with Gasteiger partial charge in [0, 0.05) is 6.20 Å². The van der Waals surface area contributed by atoms with Gasteiger partial charge in [0.2, 0.25) is 0 Å². The first-order chi connectivity index (χ1) is 9.83. The summed E-state index contributed by atoms with van der Waals surface area (Å²) in [5, 5.41) is 0. The third kappa shape index (κ3) is 3.95. The molecule has 20 heavy (non-hydrogen) atoms. The summed E-state index contributed by atoms with van der Waals surface area (Å²) in [5.74, 6) is 0.890. The normalized spacial score (nSPS) is 11.4. The molecule has 0 aliphatic carbocycles.